The molecule has 0 aromatic carbocycles. The van der Waals surface area contributed by atoms with Crippen LogP contribution in [0.4, 0.5) is 0 Å². The zero-order valence-electron chi connectivity index (χ0n) is 10.1. The van der Waals surface area contributed by atoms with Crippen LogP contribution in [0.1, 0.15) is 33.6 Å². The van der Waals surface area contributed by atoms with Crippen molar-refractivity contribution < 1.29 is 9.84 Å². The molecule has 0 amide bonds. The molecule has 0 heterocycles. The maximum Gasteiger partial charge on any atom is 0.429 e. The van der Waals surface area contributed by atoms with Crippen LogP contribution in [0.15, 0.2) is 35.4 Å². The van der Waals surface area contributed by atoms with E-state index in [0.29, 0.717) is 0 Å². The summed E-state index contributed by atoms with van der Waals surface area (Å²) in [6.45, 7) is 6.44. The average Bonchev–Trinajstić information content (AvgIpc) is 2.17. The highest BCUT2D eigenvalue weighted by Gasteiger charge is 1.98. The first-order valence-corrected chi connectivity index (χ1v) is 5.21. The third-order valence-electron chi connectivity index (χ3n) is 1.92. The third-order valence-corrected chi connectivity index (χ3v) is 1.92. The van der Waals surface area contributed by atoms with Gasteiger partial charge in [0.25, 0.3) is 0 Å². The first-order chi connectivity index (χ1) is 7.56. The highest BCUT2D eigenvalue weighted by molar-refractivity contribution is 5.02. The van der Waals surface area contributed by atoms with Crippen molar-refractivity contribution in [3.8, 4) is 0 Å². The molecular weight excluding hydrogens is 204 g/mol. The molecule has 16 heavy (non-hydrogen) atoms. The Morgan fingerprint density at radius 1 is 1.31 bits per heavy atom. The number of hydrogen-bond donors (Lipinski definition) is 1. The van der Waals surface area contributed by atoms with E-state index in [-0.39, 0.29) is 6.61 Å². The summed E-state index contributed by atoms with van der Waals surface area (Å²) in [7, 11) is 0. The number of rotatable bonds is 6. The summed E-state index contributed by atoms with van der Waals surface area (Å²) < 4.78 is 4.85. The van der Waals surface area contributed by atoms with E-state index < -0.39 is 5.95 Å². The highest BCUT2D eigenvalue weighted by atomic mass is 16.6. The summed E-state index contributed by atoms with van der Waals surface area (Å²) in [6, 6.07) is 0. The van der Waals surface area contributed by atoms with Gasteiger partial charge in [-0.05, 0) is 39.7 Å². The predicted octanol–water partition coefficient (Wildman–Crippen LogP) is 3.91. The summed E-state index contributed by atoms with van der Waals surface area (Å²) in [5.74, 6) is -0.393. The van der Waals surface area contributed by atoms with Gasteiger partial charge in [0.15, 0.2) is 4.98 Å². The van der Waals surface area contributed by atoms with E-state index >= 15 is 0 Å². The molecule has 0 fully saturated rings. The molecule has 4 heteroatoms. The van der Waals surface area contributed by atoms with Crippen molar-refractivity contribution in [2.75, 3.05) is 6.61 Å². The molecule has 0 bridgehead atoms. The van der Waals surface area contributed by atoms with Crippen molar-refractivity contribution in [1.29, 1.82) is 5.39 Å². The van der Waals surface area contributed by atoms with Crippen molar-refractivity contribution in [2.45, 2.75) is 33.6 Å². The zero-order chi connectivity index (χ0) is 12.4. The molecule has 0 radical (unpaired) electrons. The fraction of sp³-hybridized carbons (Fsp3) is 0.500. The second kappa shape index (κ2) is 8.54. The van der Waals surface area contributed by atoms with Gasteiger partial charge in [0, 0.05) is 0 Å². The minimum atomic E-state index is -0.393. The van der Waals surface area contributed by atoms with Gasteiger partial charge in [-0.2, -0.15) is 0 Å². The molecule has 0 aliphatic carbocycles. The molecule has 0 saturated heterocycles. The Bertz CT molecular complexity index is 331. The van der Waals surface area contributed by atoms with Crippen molar-refractivity contribution in [2.24, 2.45) is 0 Å². The second-order valence-corrected chi connectivity index (χ2v) is 3.76. The van der Waals surface area contributed by atoms with Crippen LogP contribution in [0.25, 0.3) is 4.98 Å². The molecule has 0 aliphatic rings. The molecule has 4 nitrogen and oxygen atoms in total. The van der Waals surface area contributed by atoms with Gasteiger partial charge in [-0.25, -0.2) is 0 Å². The number of diazo groups is 1. The van der Waals surface area contributed by atoms with Crippen LogP contribution in [-0.4, -0.2) is 11.7 Å². The number of allylic oxidation sites excluding steroid dienone is 3. The minimum absolute atomic E-state index is 0.276. The molecule has 88 valence electrons. The highest BCUT2D eigenvalue weighted by Crippen LogP contribution is 2.06. The normalized spacial score (nSPS) is 11.9. The van der Waals surface area contributed by atoms with E-state index in [2.05, 4.69) is 24.9 Å². The molecule has 0 saturated carbocycles. The lowest BCUT2D eigenvalue weighted by Gasteiger charge is -2.00. The smallest absolute Gasteiger partial charge is 0.429 e. The summed E-state index contributed by atoms with van der Waals surface area (Å²) in [4.78, 5) is 2.64. The molecule has 1 N–H and O–H groups in total. The Morgan fingerprint density at radius 3 is 2.56 bits per heavy atom. The number of hydrogen-bond acceptors (Lipinski definition) is 3. The standard InChI is InChI=1S/C12H18N2O2/c1-10(2)5-4-6-11(3)7-8-16-12(15)9-14-13/h5,7,9H,4,6,8H2,1-3H3/p+1. The Balaban J connectivity index is 3.84. The van der Waals surface area contributed by atoms with Gasteiger partial charge in [-0.15, -0.1) is 0 Å². The van der Waals surface area contributed by atoms with Crippen LogP contribution in [0, 0.1) is 5.39 Å². The Hall–Kier alpha value is -1.76. The number of nitrogens with zero attached hydrogens (tertiary/aromatic N) is 2. The van der Waals surface area contributed by atoms with Crippen molar-refractivity contribution in [3.63, 3.8) is 0 Å². The first kappa shape index (κ1) is 14.2. The van der Waals surface area contributed by atoms with Gasteiger partial charge in [0.05, 0.1) is 0 Å². The van der Waals surface area contributed by atoms with Crippen LogP contribution in [0.5, 0.6) is 0 Å². The minimum Gasteiger partial charge on any atom is -0.476 e. The topological polar surface area (TPSA) is 57.6 Å². The van der Waals surface area contributed by atoms with Gasteiger partial charge in [0.2, 0.25) is 5.39 Å². The predicted molar refractivity (Wildman–Crippen MR) is 64.2 cm³/mol. The SMILES string of the molecule is CC(C)=CCCC(C)=CCOC(O)=C[N+]#N. The summed E-state index contributed by atoms with van der Waals surface area (Å²) >= 11 is 0. The maximum atomic E-state index is 8.96. The fourth-order valence-corrected chi connectivity index (χ4v) is 1.05. The zero-order valence-corrected chi connectivity index (χ0v) is 10.1. The summed E-state index contributed by atoms with van der Waals surface area (Å²) in [5, 5.41) is 17.1. The van der Waals surface area contributed by atoms with Crippen LogP contribution < -0.4 is 0 Å². The van der Waals surface area contributed by atoms with E-state index in [1.54, 1.807) is 0 Å². The molecule has 0 aliphatic heterocycles. The van der Waals surface area contributed by atoms with Crippen molar-refractivity contribution >= 4 is 0 Å². The Morgan fingerprint density at radius 2 is 2.00 bits per heavy atom. The summed E-state index contributed by atoms with van der Waals surface area (Å²) in [6.07, 6.45) is 6.90. The quantitative estimate of drug-likeness (QED) is 0.422. The van der Waals surface area contributed by atoms with E-state index in [9.17, 15) is 0 Å². The lowest BCUT2D eigenvalue weighted by Crippen LogP contribution is -1.91. The largest absolute Gasteiger partial charge is 0.476 e. The van der Waals surface area contributed by atoms with Gasteiger partial charge >= 0.3 is 12.1 Å². The van der Waals surface area contributed by atoms with E-state index in [0.717, 1.165) is 19.0 Å². The van der Waals surface area contributed by atoms with Gasteiger partial charge in [-0.3, -0.25) is 0 Å². The van der Waals surface area contributed by atoms with Crippen LogP contribution in [0.2, 0.25) is 0 Å². The molecule has 0 aromatic heterocycles. The Kier molecular flexibility index (Phi) is 7.60. The van der Waals surface area contributed by atoms with Gasteiger partial charge in [0.1, 0.15) is 6.61 Å². The number of ether oxygens (including phenoxy) is 1. The van der Waals surface area contributed by atoms with Crippen molar-refractivity contribution in [1.82, 2.24) is 0 Å². The molecule has 0 spiro atoms. The monoisotopic (exact) mass is 223 g/mol. The summed E-state index contributed by atoms with van der Waals surface area (Å²) in [5.41, 5.74) is 2.51. The van der Waals surface area contributed by atoms with Crippen LogP contribution >= 0.6 is 0 Å². The Labute approximate surface area is 96.6 Å². The molecule has 0 aromatic rings. The maximum absolute atomic E-state index is 8.96. The lowest BCUT2D eigenvalue weighted by molar-refractivity contribution is 0.112. The van der Waals surface area contributed by atoms with Gasteiger partial charge in [-0.1, -0.05) is 17.2 Å². The number of aliphatic hydroxyl groups excluding tert-OH is 1. The van der Waals surface area contributed by atoms with E-state index in [4.69, 9.17) is 15.2 Å². The molecule has 0 unspecified atom stereocenters. The molecule has 0 atom stereocenters. The van der Waals surface area contributed by atoms with E-state index in [1.807, 2.05) is 13.0 Å². The molecular formula is C12H19N2O2+. The fourth-order valence-electron chi connectivity index (χ4n) is 1.05. The number of aliphatic hydroxyl groups is 1. The first-order valence-electron chi connectivity index (χ1n) is 5.21. The molecule has 0 rings (SSSR count). The van der Waals surface area contributed by atoms with Crippen molar-refractivity contribution in [3.05, 3.63) is 40.4 Å². The average molecular weight is 223 g/mol. The third kappa shape index (κ3) is 8.82. The lowest BCUT2D eigenvalue weighted by atomic mass is 10.1. The van der Waals surface area contributed by atoms with Crippen LogP contribution in [0.3, 0.4) is 0 Å². The van der Waals surface area contributed by atoms with E-state index in [1.165, 1.54) is 11.1 Å². The van der Waals surface area contributed by atoms with Crippen LogP contribution in [-0.2, 0) is 4.74 Å². The van der Waals surface area contributed by atoms with Gasteiger partial charge < -0.3 is 9.84 Å². The second-order valence-electron chi connectivity index (χ2n) is 3.76.